The highest BCUT2D eigenvalue weighted by Crippen LogP contribution is 2.42. The molecule has 2 aliphatic heterocycles. The van der Waals surface area contributed by atoms with E-state index in [2.05, 4.69) is 60.3 Å². The van der Waals surface area contributed by atoms with E-state index in [1.807, 2.05) is 0 Å². The summed E-state index contributed by atoms with van der Waals surface area (Å²) in [6.45, 7) is 9.37. The van der Waals surface area contributed by atoms with Gasteiger partial charge in [0.25, 0.3) is 0 Å². The molecule has 0 bridgehead atoms. The maximum atomic E-state index is 4.72. The number of nitrogens with zero attached hydrogens (tertiary/aromatic N) is 6. The van der Waals surface area contributed by atoms with E-state index in [4.69, 9.17) is 4.98 Å². The zero-order valence-corrected chi connectivity index (χ0v) is 17.9. The lowest BCUT2D eigenvalue weighted by atomic mass is 9.91. The van der Waals surface area contributed by atoms with Crippen LogP contribution in [0.15, 0.2) is 17.0 Å². The molecule has 2 aromatic rings. The molecule has 0 N–H and O–H groups in total. The Bertz CT molecular complexity index is 823. The second-order valence-corrected chi connectivity index (χ2v) is 9.48. The van der Waals surface area contributed by atoms with Crippen molar-refractivity contribution >= 4 is 32.8 Å². The summed E-state index contributed by atoms with van der Waals surface area (Å²) in [6, 6.07) is 1.33. The zero-order chi connectivity index (χ0) is 18.5. The second-order valence-electron chi connectivity index (χ2n) is 8.63. The minimum absolute atomic E-state index is 0.628. The van der Waals surface area contributed by atoms with Crippen molar-refractivity contribution in [3.63, 3.8) is 0 Å². The van der Waals surface area contributed by atoms with Crippen molar-refractivity contribution in [2.75, 3.05) is 51.2 Å². The molecule has 3 fully saturated rings. The summed E-state index contributed by atoms with van der Waals surface area (Å²) in [5, 5.41) is 1.19. The Kier molecular flexibility index (Phi) is 4.64. The number of anilines is 1. The van der Waals surface area contributed by atoms with Gasteiger partial charge >= 0.3 is 0 Å². The second kappa shape index (κ2) is 7.01. The first-order valence-electron chi connectivity index (χ1n) is 10.3. The van der Waals surface area contributed by atoms with Crippen LogP contribution in [0.3, 0.4) is 0 Å². The maximum absolute atomic E-state index is 4.72. The Labute approximate surface area is 169 Å². The largest absolute Gasteiger partial charge is 0.356 e. The zero-order valence-electron chi connectivity index (χ0n) is 16.3. The number of hydrogen-bond acceptors (Lipinski definition) is 5. The van der Waals surface area contributed by atoms with Crippen LogP contribution in [0.4, 0.5) is 5.82 Å². The summed E-state index contributed by atoms with van der Waals surface area (Å²) in [6.07, 6.45) is 7.71. The maximum Gasteiger partial charge on any atom is 0.146 e. The number of hydrogen-bond donors (Lipinski definition) is 0. The lowest BCUT2D eigenvalue weighted by Crippen LogP contribution is -2.55. The fourth-order valence-corrected chi connectivity index (χ4v) is 5.49. The molecule has 27 heavy (non-hydrogen) atoms. The van der Waals surface area contributed by atoms with Gasteiger partial charge < -0.3 is 14.4 Å². The van der Waals surface area contributed by atoms with E-state index in [0.717, 1.165) is 29.0 Å². The lowest BCUT2D eigenvalue weighted by molar-refractivity contribution is 0.0737. The molecule has 6 nitrogen and oxygen atoms in total. The normalized spacial score (nSPS) is 28.2. The summed E-state index contributed by atoms with van der Waals surface area (Å²) in [7, 11) is 2.23. The molecule has 3 aliphatic rings. The topological polar surface area (TPSA) is 40.4 Å². The van der Waals surface area contributed by atoms with Crippen molar-refractivity contribution in [1.29, 1.82) is 0 Å². The summed E-state index contributed by atoms with van der Waals surface area (Å²) in [5.41, 5.74) is 1.09. The fourth-order valence-electron chi connectivity index (χ4n) is 4.92. The van der Waals surface area contributed by atoms with Crippen LogP contribution < -0.4 is 4.90 Å². The predicted octanol–water partition coefficient (Wildman–Crippen LogP) is 2.99. The minimum Gasteiger partial charge on any atom is -0.356 e. The highest BCUT2D eigenvalue weighted by molar-refractivity contribution is 9.10. The fraction of sp³-hybridized carbons (Fsp3) is 0.700. The van der Waals surface area contributed by atoms with Gasteiger partial charge in [0.1, 0.15) is 17.8 Å². The van der Waals surface area contributed by atoms with Crippen LogP contribution in [-0.4, -0.2) is 76.7 Å². The molecule has 1 aliphatic carbocycles. The summed E-state index contributed by atoms with van der Waals surface area (Å²) in [4.78, 5) is 17.0. The monoisotopic (exact) mass is 432 g/mol. The van der Waals surface area contributed by atoms with Gasteiger partial charge in [0.15, 0.2) is 0 Å². The van der Waals surface area contributed by atoms with E-state index in [9.17, 15) is 0 Å². The Morgan fingerprint density at radius 3 is 2.52 bits per heavy atom. The van der Waals surface area contributed by atoms with Crippen molar-refractivity contribution in [2.24, 2.45) is 5.92 Å². The van der Waals surface area contributed by atoms with Crippen molar-refractivity contribution in [1.82, 2.24) is 24.3 Å². The average molecular weight is 433 g/mol. The first-order valence-corrected chi connectivity index (χ1v) is 11.1. The van der Waals surface area contributed by atoms with Crippen LogP contribution in [-0.2, 0) is 0 Å². The molecule has 4 heterocycles. The molecular formula is C20H29BrN6. The summed E-state index contributed by atoms with van der Waals surface area (Å²) < 4.78 is 3.47. The number of likely N-dealkylation sites (N-methyl/N-ethyl adjacent to an activating group) is 1. The van der Waals surface area contributed by atoms with Crippen LogP contribution >= 0.6 is 15.9 Å². The molecule has 146 valence electrons. The summed E-state index contributed by atoms with van der Waals surface area (Å²) in [5.74, 6) is 1.76. The van der Waals surface area contributed by atoms with Crippen molar-refractivity contribution in [3.8, 4) is 0 Å². The molecular weight excluding hydrogens is 404 g/mol. The number of rotatable bonds is 3. The number of halogens is 1. The number of piperazine rings is 1. The quantitative estimate of drug-likeness (QED) is 0.745. The molecule has 0 amide bonds. The van der Waals surface area contributed by atoms with E-state index < -0.39 is 0 Å². The van der Waals surface area contributed by atoms with E-state index >= 15 is 0 Å². The van der Waals surface area contributed by atoms with E-state index in [0.29, 0.717) is 18.0 Å². The highest BCUT2D eigenvalue weighted by atomic mass is 79.9. The lowest BCUT2D eigenvalue weighted by Gasteiger charge is -2.45. The Hall–Kier alpha value is -1.18. The van der Waals surface area contributed by atoms with Crippen LogP contribution in [0.2, 0.25) is 0 Å². The van der Waals surface area contributed by atoms with Crippen molar-refractivity contribution in [2.45, 2.75) is 38.3 Å². The van der Waals surface area contributed by atoms with Gasteiger partial charge in [0, 0.05) is 62.0 Å². The first kappa shape index (κ1) is 17.9. The van der Waals surface area contributed by atoms with Gasteiger partial charge in [-0.1, -0.05) is 6.92 Å². The smallest absolute Gasteiger partial charge is 0.146 e. The van der Waals surface area contributed by atoms with E-state index in [1.54, 1.807) is 6.33 Å². The van der Waals surface area contributed by atoms with E-state index in [-0.39, 0.29) is 0 Å². The summed E-state index contributed by atoms with van der Waals surface area (Å²) >= 11 is 3.79. The highest BCUT2D eigenvalue weighted by Gasteiger charge is 2.34. The average Bonchev–Trinajstić information content (AvgIpc) is 3.46. The van der Waals surface area contributed by atoms with Crippen LogP contribution in [0.5, 0.6) is 0 Å². The number of aromatic nitrogens is 3. The van der Waals surface area contributed by atoms with E-state index in [1.165, 1.54) is 50.8 Å². The molecule has 7 heteroatoms. The van der Waals surface area contributed by atoms with Gasteiger partial charge in [0.05, 0.1) is 5.39 Å². The van der Waals surface area contributed by atoms with Crippen LogP contribution in [0.25, 0.3) is 11.0 Å². The first-order chi connectivity index (χ1) is 13.1. The Morgan fingerprint density at radius 2 is 1.81 bits per heavy atom. The third-order valence-corrected chi connectivity index (χ3v) is 7.25. The molecule has 2 saturated heterocycles. The Morgan fingerprint density at radius 1 is 1.04 bits per heavy atom. The predicted molar refractivity (Wildman–Crippen MR) is 112 cm³/mol. The SMILES string of the molecule is CC1CN(c2ncnc3c2c(Br)cn3C2CC2)CCC1N1CCN(C)CC1. The van der Waals surface area contributed by atoms with Gasteiger partial charge in [-0.2, -0.15) is 0 Å². The molecule has 0 aromatic carbocycles. The van der Waals surface area contributed by atoms with Gasteiger partial charge in [0.2, 0.25) is 0 Å². The van der Waals surface area contributed by atoms with Crippen molar-refractivity contribution < 1.29 is 0 Å². The van der Waals surface area contributed by atoms with Crippen molar-refractivity contribution in [3.05, 3.63) is 17.0 Å². The molecule has 2 unspecified atom stereocenters. The molecule has 2 aromatic heterocycles. The standard InChI is InChI=1S/C20H29BrN6/c1-14-11-26(6-5-17(14)25-9-7-24(2)8-10-25)19-18-16(21)12-27(15-3-4-15)20(18)23-13-22-19/h12-15,17H,3-11H2,1-2H3. The van der Waals surface area contributed by atoms with Crippen LogP contribution in [0, 0.1) is 5.92 Å². The minimum atomic E-state index is 0.628. The molecule has 0 spiro atoms. The molecule has 0 radical (unpaired) electrons. The molecule has 1 saturated carbocycles. The van der Waals surface area contributed by atoms with Gasteiger partial charge in [-0.3, -0.25) is 4.90 Å². The molecule has 2 atom stereocenters. The Balaban J connectivity index is 1.37. The number of piperidine rings is 1. The third kappa shape index (κ3) is 3.28. The van der Waals surface area contributed by atoms with Crippen LogP contribution in [0.1, 0.15) is 32.2 Å². The van der Waals surface area contributed by atoms with Gasteiger partial charge in [-0.05, 0) is 48.2 Å². The number of fused-ring (bicyclic) bond motifs is 1. The van der Waals surface area contributed by atoms with Gasteiger partial charge in [-0.25, -0.2) is 9.97 Å². The molecule has 5 rings (SSSR count). The van der Waals surface area contributed by atoms with Gasteiger partial charge in [-0.15, -0.1) is 0 Å². The third-order valence-electron chi connectivity index (χ3n) is 6.65.